The van der Waals surface area contributed by atoms with E-state index >= 15 is 0 Å². The molecule has 1 saturated carbocycles. The van der Waals surface area contributed by atoms with E-state index < -0.39 is 28.5 Å². The maximum Gasteiger partial charge on any atom is 0.264 e. The average molecular weight is 679 g/mol. The third kappa shape index (κ3) is 8.27. The van der Waals surface area contributed by atoms with Crippen LogP contribution in [0.4, 0.5) is 5.69 Å². The topological polar surface area (TPSA) is 86.8 Å². The van der Waals surface area contributed by atoms with Crippen molar-refractivity contribution in [3.8, 4) is 0 Å². The first kappa shape index (κ1) is 34.1. The molecule has 0 saturated heterocycles. The lowest BCUT2D eigenvalue weighted by atomic mass is 9.95. The number of amides is 2. The van der Waals surface area contributed by atoms with Crippen molar-refractivity contribution in [1.29, 1.82) is 0 Å². The van der Waals surface area contributed by atoms with E-state index in [1.807, 2.05) is 13.8 Å². The molecule has 0 unspecified atom stereocenters. The van der Waals surface area contributed by atoms with Gasteiger partial charge in [0.2, 0.25) is 11.8 Å². The normalized spacial score (nSPS) is 14.6. The highest BCUT2D eigenvalue weighted by molar-refractivity contribution is 7.92. The molecule has 3 aromatic rings. The van der Waals surface area contributed by atoms with Crippen molar-refractivity contribution in [2.75, 3.05) is 10.8 Å². The summed E-state index contributed by atoms with van der Waals surface area (Å²) >= 11 is 18.7. The second-order valence-corrected chi connectivity index (χ2v) is 14.4. The van der Waals surface area contributed by atoms with E-state index in [-0.39, 0.29) is 23.4 Å². The minimum absolute atomic E-state index is 0.0321. The number of carbonyl (C=O) groups excluding carboxylic acids is 2. The fourth-order valence-corrected chi connectivity index (χ4v) is 7.57. The van der Waals surface area contributed by atoms with E-state index in [4.69, 9.17) is 34.8 Å². The van der Waals surface area contributed by atoms with Gasteiger partial charge in [-0.05, 0) is 86.7 Å². The highest BCUT2D eigenvalue weighted by Crippen LogP contribution is 2.30. The molecule has 0 radical (unpaired) electrons. The van der Waals surface area contributed by atoms with Gasteiger partial charge in [-0.25, -0.2) is 8.42 Å². The number of hydrogen-bond acceptors (Lipinski definition) is 4. The molecule has 0 heterocycles. The number of nitrogens with zero attached hydrogens (tertiary/aromatic N) is 2. The summed E-state index contributed by atoms with van der Waals surface area (Å²) in [5, 5.41) is 4.27. The Morgan fingerprint density at radius 2 is 1.59 bits per heavy atom. The number of aryl methyl sites for hydroxylation is 2. The molecule has 0 bridgehead atoms. The molecule has 11 heteroatoms. The average Bonchev–Trinajstić information content (AvgIpc) is 2.98. The summed E-state index contributed by atoms with van der Waals surface area (Å²) in [6.45, 7) is 4.94. The molecule has 4 rings (SSSR count). The number of carbonyl (C=O) groups is 2. The number of rotatable bonds is 11. The summed E-state index contributed by atoms with van der Waals surface area (Å²) in [5.41, 5.74) is 2.46. The summed E-state index contributed by atoms with van der Waals surface area (Å²) in [4.78, 5) is 29.5. The van der Waals surface area contributed by atoms with Crippen molar-refractivity contribution in [2.45, 2.75) is 82.8 Å². The van der Waals surface area contributed by atoms with Crippen LogP contribution in [0.1, 0.15) is 62.1 Å². The van der Waals surface area contributed by atoms with Crippen molar-refractivity contribution in [1.82, 2.24) is 10.2 Å². The van der Waals surface area contributed by atoms with Crippen LogP contribution in [0.2, 0.25) is 15.1 Å². The van der Waals surface area contributed by atoms with Crippen LogP contribution < -0.4 is 9.62 Å². The van der Waals surface area contributed by atoms with Crippen LogP contribution in [0, 0.1) is 13.8 Å². The maximum atomic E-state index is 14.3. The van der Waals surface area contributed by atoms with Crippen LogP contribution in [0.5, 0.6) is 0 Å². The Labute approximate surface area is 275 Å². The van der Waals surface area contributed by atoms with E-state index in [2.05, 4.69) is 5.32 Å². The Balaban J connectivity index is 1.74. The van der Waals surface area contributed by atoms with Crippen molar-refractivity contribution in [3.63, 3.8) is 0 Å². The van der Waals surface area contributed by atoms with Gasteiger partial charge < -0.3 is 10.2 Å². The molecule has 1 atom stereocenters. The van der Waals surface area contributed by atoms with Gasteiger partial charge in [0.1, 0.15) is 12.6 Å². The molecule has 0 aliphatic heterocycles. The standard InChI is InChI=1S/C33H38Cl3N3O4S/c1-4-30(33(41)37-26-8-6-5-7-9-26)38(20-24-12-16-28(35)29(36)19-24)32(40)21-39(31-17-13-25(34)18-23(31)3)44(42,43)27-14-10-22(2)11-15-27/h10-19,26,30H,4-9,20-21H2,1-3H3,(H,37,41)/t30-/m0/s1. The zero-order chi connectivity index (χ0) is 32.0. The molecular weight excluding hydrogens is 641 g/mol. The molecule has 7 nitrogen and oxygen atoms in total. The van der Waals surface area contributed by atoms with Crippen molar-refractivity contribution >= 4 is 62.3 Å². The van der Waals surface area contributed by atoms with Gasteiger partial charge in [0.15, 0.2) is 0 Å². The largest absolute Gasteiger partial charge is 0.352 e. The fraction of sp³-hybridized carbons (Fsp3) is 0.394. The van der Waals surface area contributed by atoms with Crippen LogP contribution >= 0.6 is 34.8 Å². The predicted octanol–water partition coefficient (Wildman–Crippen LogP) is 7.72. The molecule has 1 fully saturated rings. The number of sulfonamides is 1. The quantitative estimate of drug-likeness (QED) is 0.225. The number of hydrogen-bond donors (Lipinski definition) is 1. The van der Waals surface area contributed by atoms with Gasteiger partial charge in [0.05, 0.1) is 20.6 Å². The minimum Gasteiger partial charge on any atom is -0.352 e. The second-order valence-electron chi connectivity index (χ2n) is 11.3. The summed E-state index contributed by atoms with van der Waals surface area (Å²) in [6, 6.07) is 15.5. The van der Waals surface area contributed by atoms with Crippen LogP contribution in [0.25, 0.3) is 0 Å². The highest BCUT2D eigenvalue weighted by atomic mass is 35.5. The Morgan fingerprint density at radius 3 is 2.20 bits per heavy atom. The number of anilines is 1. The lowest BCUT2D eigenvalue weighted by molar-refractivity contribution is -0.140. The summed E-state index contributed by atoms with van der Waals surface area (Å²) in [5.74, 6) is -0.796. The molecular formula is C33H38Cl3N3O4S. The summed E-state index contributed by atoms with van der Waals surface area (Å²) in [7, 11) is -4.19. The van der Waals surface area contributed by atoms with Crippen molar-refractivity contribution in [3.05, 3.63) is 92.4 Å². The monoisotopic (exact) mass is 677 g/mol. The number of halogens is 3. The number of benzene rings is 3. The first-order chi connectivity index (χ1) is 20.9. The number of nitrogens with one attached hydrogen (secondary N) is 1. The van der Waals surface area contributed by atoms with Crippen LogP contribution in [0.3, 0.4) is 0 Å². The molecule has 2 amide bonds. The van der Waals surface area contributed by atoms with Crippen LogP contribution in [-0.2, 0) is 26.2 Å². The Kier molecular flexibility index (Phi) is 11.6. The second kappa shape index (κ2) is 15.0. The van der Waals surface area contributed by atoms with Crippen molar-refractivity contribution in [2.24, 2.45) is 0 Å². The first-order valence-electron chi connectivity index (χ1n) is 14.8. The van der Waals surface area contributed by atoms with Crippen LogP contribution in [-0.4, -0.2) is 43.8 Å². The molecule has 0 spiro atoms. The molecule has 1 aliphatic carbocycles. The van der Waals surface area contributed by atoms with E-state index in [0.717, 1.165) is 42.0 Å². The predicted molar refractivity (Wildman–Crippen MR) is 178 cm³/mol. The highest BCUT2D eigenvalue weighted by Gasteiger charge is 2.35. The van der Waals surface area contributed by atoms with E-state index in [1.165, 1.54) is 17.0 Å². The lowest BCUT2D eigenvalue weighted by Crippen LogP contribution is -2.54. The molecule has 0 aromatic heterocycles. The fourth-order valence-electron chi connectivity index (χ4n) is 5.55. The van der Waals surface area contributed by atoms with Crippen LogP contribution in [0.15, 0.2) is 65.6 Å². The Morgan fingerprint density at radius 1 is 0.909 bits per heavy atom. The molecule has 1 aliphatic rings. The van der Waals surface area contributed by atoms with Gasteiger partial charge >= 0.3 is 0 Å². The minimum atomic E-state index is -4.19. The molecule has 3 aromatic carbocycles. The van der Waals surface area contributed by atoms with E-state index in [1.54, 1.807) is 55.5 Å². The maximum absolute atomic E-state index is 14.3. The van der Waals surface area contributed by atoms with E-state index in [0.29, 0.717) is 38.3 Å². The van der Waals surface area contributed by atoms with Crippen molar-refractivity contribution < 1.29 is 18.0 Å². The van der Waals surface area contributed by atoms with Gasteiger partial charge in [0.25, 0.3) is 10.0 Å². The zero-order valence-electron chi connectivity index (χ0n) is 25.2. The lowest BCUT2D eigenvalue weighted by Gasteiger charge is -2.34. The zero-order valence-corrected chi connectivity index (χ0v) is 28.2. The summed E-state index contributed by atoms with van der Waals surface area (Å²) < 4.78 is 29.3. The summed E-state index contributed by atoms with van der Waals surface area (Å²) in [6.07, 6.45) is 5.33. The smallest absolute Gasteiger partial charge is 0.264 e. The van der Waals surface area contributed by atoms with Gasteiger partial charge in [-0.15, -0.1) is 0 Å². The van der Waals surface area contributed by atoms with Gasteiger partial charge in [-0.3, -0.25) is 13.9 Å². The molecule has 1 N–H and O–H groups in total. The third-order valence-electron chi connectivity index (χ3n) is 7.99. The van der Waals surface area contributed by atoms with Gasteiger partial charge in [0, 0.05) is 17.6 Å². The van der Waals surface area contributed by atoms with Gasteiger partial charge in [-0.2, -0.15) is 0 Å². The first-order valence-corrected chi connectivity index (χ1v) is 17.4. The third-order valence-corrected chi connectivity index (χ3v) is 10.7. The Bertz CT molecular complexity index is 1590. The molecule has 44 heavy (non-hydrogen) atoms. The van der Waals surface area contributed by atoms with Gasteiger partial charge in [-0.1, -0.05) is 84.8 Å². The molecule has 236 valence electrons. The SMILES string of the molecule is CC[C@@H](C(=O)NC1CCCCC1)N(Cc1ccc(Cl)c(Cl)c1)C(=O)CN(c1ccc(Cl)cc1C)S(=O)(=O)c1ccc(C)cc1. The Hall–Kier alpha value is -2.78. The van der Waals surface area contributed by atoms with E-state index in [9.17, 15) is 18.0 Å².